The number of imidazole rings is 1. The topological polar surface area (TPSA) is 61.0 Å². The quantitative estimate of drug-likeness (QED) is 0.846. The molecule has 0 bridgehead atoms. The number of rotatable bonds is 4. The van der Waals surface area contributed by atoms with Gasteiger partial charge in [-0.2, -0.15) is 0 Å². The van der Waals surface area contributed by atoms with Gasteiger partial charge in [0.05, 0.1) is 24.6 Å². The second kappa shape index (κ2) is 5.52. The van der Waals surface area contributed by atoms with E-state index >= 15 is 0 Å². The van der Waals surface area contributed by atoms with Gasteiger partial charge in [-0.3, -0.25) is 9.69 Å². The van der Waals surface area contributed by atoms with Gasteiger partial charge < -0.3 is 10.3 Å². The van der Waals surface area contributed by atoms with Gasteiger partial charge in [-0.05, 0) is 33.6 Å². The highest BCUT2D eigenvalue weighted by atomic mass is 16.2. The van der Waals surface area contributed by atoms with Crippen LogP contribution in [0.25, 0.3) is 0 Å². The number of nitrogens with one attached hydrogen (secondary N) is 2. The lowest BCUT2D eigenvalue weighted by atomic mass is 10.2. The predicted molar refractivity (Wildman–Crippen MR) is 69.9 cm³/mol. The lowest BCUT2D eigenvalue weighted by Crippen LogP contribution is -2.48. The highest BCUT2D eigenvalue weighted by molar-refractivity contribution is 5.81. The average molecular weight is 250 g/mol. The zero-order valence-corrected chi connectivity index (χ0v) is 11.3. The Morgan fingerprint density at radius 1 is 1.56 bits per heavy atom. The summed E-state index contributed by atoms with van der Waals surface area (Å²) >= 11 is 0. The van der Waals surface area contributed by atoms with Crippen LogP contribution < -0.4 is 5.32 Å². The van der Waals surface area contributed by atoms with Crippen LogP contribution in [0.2, 0.25) is 0 Å². The maximum Gasteiger partial charge on any atom is 0.237 e. The third-order valence-corrected chi connectivity index (χ3v) is 3.85. The minimum absolute atomic E-state index is 0.0691. The number of amides is 1. The molecule has 1 aromatic heterocycles. The number of aromatic amines is 1. The highest BCUT2D eigenvalue weighted by Gasteiger charge is 2.34. The lowest BCUT2D eigenvalue weighted by Gasteiger charge is -2.31. The molecule has 100 valence electrons. The van der Waals surface area contributed by atoms with Crippen molar-refractivity contribution in [2.45, 2.75) is 58.3 Å². The fourth-order valence-corrected chi connectivity index (χ4v) is 2.83. The molecule has 1 aliphatic heterocycles. The van der Waals surface area contributed by atoms with Gasteiger partial charge in [0, 0.05) is 18.3 Å². The number of carbonyl (C=O) groups excluding carboxylic acids is 1. The lowest BCUT2D eigenvalue weighted by molar-refractivity contribution is -0.127. The highest BCUT2D eigenvalue weighted by Crippen LogP contribution is 2.25. The van der Waals surface area contributed by atoms with Crippen molar-refractivity contribution < 1.29 is 4.79 Å². The molecule has 2 N–H and O–H groups in total. The third kappa shape index (κ3) is 2.72. The Hall–Kier alpha value is -1.36. The fraction of sp³-hybridized carbons (Fsp3) is 0.692. The van der Waals surface area contributed by atoms with Crippen molar-refractivity contribution in [1.29, 1.82) is 0 Å². The molecule has 1 aliphatic rings. The Bertz CT molecular complexity index is 380. The Balaban J connectivity index is 1.88. The summed E-state index contributed by atoms with van der Waals surface area (Å²) in [5.41, 5.74) is 0.929. The van der Waals surface area contributed by atoms with E-state index in [9.17, 15) is 4.79 Å². The average Bonchev–Trinajstić information content (AvgIpc) is 2.96. The third-order valence-electron chi connectivity index (χ3n) is 3.85. The van der Waals surface area contributed by atoms with Crippen molar-refractivity contribution in [3.63, 3.8) is 0 Å². The van der Waals surface area contributed by atoms with Gasteiger partial charge in [0.2, 0.25) is 5.91 Å². The molecule has 2 heterocycles. The summed E-state index contributed by atoms with van der Waals surface area (Å²) in [4.78, 5) is 21.3. The van der Waals surface area contributed by atoms with E-state index in [2.05, 4.69) is 34.0 Å². The van der Waals surface area contributed by atoms with Crippen molar-refractivity contribution in [3.05, 3.63) is 18.2 Å². The first kappa shape index (κ1) is 13.1. The number of aromatic nitrogens is 2. The van der Waals surface area contributed by atoms with Crippen LogP contribution in [0.3, 0.4) is 0 Å². The molecule has 1 amide bonds. The minimum Gasteiger partial charge on any atom is -0.349 e. The van der Waals surface area contributed by atoms with Gasteiger partial charge in [0.25, 0.3) is 0 Å². The number of hydrogen-bond donors (Lipinski definition) is 2. The van der Waals surface area contributed by atoms with Crippen molar-refractivity contribution >= 4 is 5.91 Å². The normalized spacial score (nSPS) is 26.2. The van der Waals surface area contributed by atoms with E-state index in [1.807, 2.05) is 6.92 Å². The Labute approximate surface area is 108 Å². The van der Waals surface area contributed by atoms with E-state index < -0.39 is 0 Å². The van der Waals surface area contributed by atoms with Crippen LogP contribution in [0.15, 0.2) is 12.5 Å². The summed E-state index contributed by atoms with van der Waals surface area (Å²) in [5, 5.41) is 2.95. The molecule has 1 aromatic rings. The van der Waals surface area contributed by atoms with Crippen molar-refractivity contribution in [3.8, 4) is 0 Å². The number of hydrogen-bond acceptors (Lipinski definition) is 3. The predicted octanol–water partition coefficient (Wildman–Crippen LogP) is 1.29. The Kier molecular flexibility index (Phi) is 4.01. The molecule has 18 heavy (non-hydrogen) atoms. The van der Waals surface area contributed by atoms with Crippen LogP contribution in [0.5, 0.6) is 0 Å². The van der Waals surface area contributed by atoms with Crippen molar-refractivity contribution in [1.82, 2.24) is 20.2 Å². The van der Waals surface area contributed by atoms with Crippen LogP contribution in [-0.2, 0) is 11.3 Å². The van der Waals surface area contributed by atoms with E-state index in [1.165, 1.54) is 12.8 Å². The van der Waals surface area contributed by atoms with E-state index in [-0.39, 0.29) is 11.9 Å². The number of H-pyrrole nitrogens is 1. The van der Waals surface area contributed by atoms with Gasteiger partial charge in [-0.15, -0.1) is 0 Å². The molecule has 0 spiro atoms. The first-order chi connectivity index (χ1) is 8.59. The second-order valence-corrected chi connectivity index (χ2v) is 5.19. The number of carbonyl (C=O) groups is 1. The van der Waals surface area contributed by atoms with Crippen LogP contribution in [0.1, 0.15) is 39.3 Å². The Morgan fingerprint density at radius 3 is 2.78 bits per heavy atom. The molecular formula is C13H22N4O. The van der Waals surface area contributed by atoms with E-state index in [4.69, 9.17) is 0 Å². The van der Waals surface area contributed by atoms with Crippen molar-refractivity contribution in [2.24, 2.45) is 0 Å². The molecule has 3 atom stereocenters. The fourth-order valence-electron chi connectivity index (χ4n) is 2.83. The largest absolute Gasteiger partial charge is 0.349 e. The Morgan fingerprint density at radius 2 is 2.22 bits per heavy atom. The molecule has 5 nitrogen and oxygen atoms in total. The molecule has 1 saturated heterocycles. The zero-order chi connectivity index (χ0) is 13.1. The maximum atomic E-state index is 12.1. The molecule has 5 heteroatoms. The van der Waals surface area contributed by atoms with E-state index in [0.717, 1.165) is 5.69 Å². The SMILES string of the molecule is CC1CCC(C)N1C(C)C(=O)NCc1cnc[nH]1. The second-order valence-electron chi connectivity index (χ2n) is 5.19. The molecule has 1 fully saturated rings. The molecule has 0 saturated carbocycles. The first-order valence-corrected chi connectivity index (χ1v) is 6.62. The van der Waals surface area contributed by atoms with Crippen LogP contribution >= 0.6 is 0 Å². The standard InChI is InChI=1S/C13H22N4O/c1-9-4-5-10(2)17(9)11(3)13(18)15-7-12-6-14-8-16-12/h6,8-11H,4-5,7H2,1-3H3,(H,14,16)(H,15,18). The molecule has 0 radical (unpaired) electrons. The number of nitrogens with zero attached hydrogens (tertiary/aromatic N) is 2. The number of likely N-dealkylation sites (tertiary alicyclic amines) is 1. The van der Waals surface area contributed by atoms with Crippen molar-refractivity contribution in [2.75, 3.05) is 0 Å². The summed E-state index contributed by atoms with van der Waals surface area (Å²) in [6.07, 6.45) is 5.71. The molecule has 3 unspecified atom stereocenters. The summed E-state index contributed by atoms with van der Waals surface area (Å²) in [5.74, 6) is 0.0881. The molecule has 0 aliphatic carbocycles. The summed E-state index contributed by atoms with van der Waals surface area (Å²) in [6, 6.07) is 0.918. The van der Waals surface area contributed by atoms with Gasteiger partial charge in [-0.1, -0.05) is 0 Å². The van der Waals surface area contributed by atoms with Gasteiger partial charge in [0.1, 0.15) is 0 Å². The summed E-state index contributed by atoms with van der Waals surface area (Å²) < 4.78 is 0. The van der Waals surface area contributed by atoms with Crippen LogP contribution in [0, 0.1) is 0 Å². The van der Waals surface area contributed by atoms with Crippen LogP contribution in [-0.4, -0.2) is 38.9 Å². The van der Waals surface area contributed by atoms with Gasteiger partial charge in [0.15, 0.2) is 0 Å². The molecule has 0 aromatic carbocycles. The monoisotopic (exact) mass is 250 g/mol. The van der Waals surface area contributed by atoms with Crippen LogP contribution in [0.4, 0.5) is 0 Å². The maximum absolute atomic E-state index is 12.1. The summed E-state index contributed by atoms with van der Waals surface area (Å²) in [7, 11) is 0. The van der Waals surface area contributed by atoms with Gasteiger partial charge in [-0.25, -0.2) is 4.98 Å². The molecule has 2 rings (SSSR count). The van der Waals surface area contributed by atoms with E-state index in [0.29, 0.717) is 18.6 Å². The zero-order valence-electron chi connectivity index (χ0n) is 11.3. The van der Waals surface area contributed by atoms with E-state index in [1.54, 1.807) is 12.5 Å². The molecular weight excluding hydrogens is 228 g/mol. The van der Waals surface area contributed by atoms with Gasteiger partial charge >= 0.3 is 0 Å². The smallest absolute Gasteiger partial charge is 0.237 e. The minimum atomic E-state index is -0.0691. The first-order valence-electron chi connectivity index (χ1n) is 6.62. The summed E-state index contributed by atoms with van der Waals surface area (Å²) in [6.45, 7) is 6.89.